The molecule has 35 heavy (non-hydrogen) atoms. The van der Waals surface area contributed by atoms with Gasteiger partial charge in [-0.25, -0.2) is 0 Å². The van der Waals surface area contributed by atoms with Gasteiger partial charge in [0.15, 0.2) is 11.6 Å². The van der Waals surface area contributed by atoms with Gasteiger partial charge in [-0.1, -0.05) is 96.3 Å². The number of unbranched alkanes of at least 4 members (excludes halogenated alkanes) is 16. The number of hydrogen-bond donors (Lipinski definition) is 0. The molecule has 0 radical (unpaired) electrons. The normalized spacial score (nSPS) is 12.5. The molecule has 0 amide bonds. The van der Waals surface area contributed by atoms with Gasteiger partial charge in [0.2, 0.25) is 0 Å². The van der Waals surface area contributed by atoms with E-state index in [2.05, 4.69) is 13.8 Å². The molecule has 0 atom stereocenters. The van der Waals surface area contributed by atoms with Gasteiger partial charge in [0.1, 0.15) is 0 Å². The second-order valence-corrected chi connectivity index (χ2v) is 10.5. The van der Waals surface area contributed by atoms with E-state index in [1.165, 1.54) is 109 Å². The second-order valence-electron chi connectivity index (χ2n) is 10.5. The van der Waals surface area contributed by atoms with Crippen LogP contribution in [0.4, 0.5) is 0 Å². The first-order valence-corrected chi connectivity index (χ1v) is 15.5. The minimum Gasteiger partial charge on any atom is -0.351 e. The quantitative estimate of drug-likeness (QED) is 0.0791. The molecule has 0 fully saturated rings. The average molecular weight is 501 g/mol. The summed E-state index contributed by atoms with van der Waals surface area (Å²) in [6.07, 6.45) is 25.3. The molecule has 4 heteroatoms. The third kappa shape index (κ3) is 21.6. The van der Waals surface area contributed by atoms with Crippen LogP contribution in [0.2, 0.25) is 0 Å². The molecule has 0 aromatic carbocycles. The highest BCUT2D eigenvalue weighted by Crippen LogP contribution is 2.23. The molecule has 212 valence electrons. The van der Waals surface area contributed by atoms with E-state index in [0.29, 0.717) is 0 Å². The van der Waals surface area contributed by atoms with Crippen LogP contribution >= 0.6 is 0 Å². The van der Waals surface area contributed by atoms with Crippen LogP contribution in [0.25, 0.3) is 0 Å². The Bertz CT molecular complexity index is 376. The first-order chi connectivity index (χ1) is 16.9. The van der Waals surface area contributed by atoms with Crippen molar-refractivity contribution >= 4 is 0 Å². The summed E-state index contributed by atoms with van der Waals surface area (Å²) in [7, 11) is 0. The van der Waals surface area contributed by atoms with Gasteiger partial charge in [-0.15, -0.1) is 0 Å². The maximum atomic E-state index is 5.80. The monoisotopic (exact) mass is 500 g/mol. The summed E-state index contributed by atoms with van der Waals surface area (Å²) in [5.74, 6) is -0.750. The lowest BCUT2D eigenvalue weighted by Gasteiger charge is -2.29. The van der Waals surface area contributed by atoms with Crippen LogP contribution in [0.1, 0.15) is 164 Å². The summed E-state index contributed by atoms with van der Waals surface area (Å²) >= 11 is 0. The summed E-state index contributed by atoms with van der Waals surface area (Å²) in [5, 5.41) is 0. The van der Waals surface area contributed by atoms with E-state index in [4.69, 9.17) is 18.9 Å². The Kier molecular flexibility index (Phi) is 24.1. The zero-order chi connectivity index (χ0) is 26.1. The Morgan fingerprint density at radius 2 is 0.486 bits per heavy atom. The van der Waals surface area contributed by atoms with Crippen molar-refractivity contribution in [2.24, 2.45) is 0 Å². The van der Waals surface area contributed by atoms with Crippen molar-refractivity contribution in [2.75, 3.05) is 26.4 Å². The molecule has 0 heterocycles. The fourth-order valence-electron chi connectivity index (χ4n) is 5.14. The molecule has 0 unspecified atom stereocenters. The van der Waals surface area contributed by atoms with E-state index in [-0.39, 0.29) is 11.6 Å². The van der Waals surface area contributed by atoms with Gasteiger partial charge in [0.25, 0.3) is 0 Å². The summed E-state index contributed by atoms with van der Waals surface area (Å²) in [5.41, 5.74) is 0. The maximum absolute atomic E-state index is 5.80. The molecule has 0 N–H and O–H groups in total. The Labute approximate surface area is 220 Å². The number of rotatable bonds is 28. The van der Waals surface area contributed by atoms with Crippen LogP contribution in [0.3, 0.4) is 0 Å². The minimum absolute atomic E-state index is 0.375. The average Bonchev–Trinajstić information content (AvgIpc) is 2.81. The predicted octanol–water partition coefficient (Wildman–Crippen LogP) is 9.98. The van der Waals surface area contributed by atoms with E-state index in [1.54, 1.807) is 0 Å². The number of ether oxygens (including phenoxy) is 4. The molecule has 0 aromatic rings. The molecule has 0 aliphatic rings. The molecular formula is C31H64O4. The summed E-state index contributed by atoms with van der Waals surface area (Å²) in [6, 6.07) is 0. The third-order valence-corrected chi connectivity index (χ3v) is 7.06. The topological polar surface area (TPSA) is 36.9 Å². The van der Waals surface area contributed by atoms with E-state index in [1.807, 2.05) is 27.7 Å². The molecule has 0 aromatic heterocycles. The van der Waals surface area contributed by atoms with Gasteiger partial charge in [-0.05, 0) is 54.4 Å². The van der Waals surface area contributed by atoms with Crippen LogP contribution in [-0.4, -0.2) is 38.0 Å². The van der Waals surface area contributed by atoms with Crippen molar-refractivity contribution in [3.8, 4) is 0 Å². The maximum Gasteiger partial charge on any atom is 0.165 e. The highest BCUT2D eigenvalue weighted by atomic mass is 16.7. The van der Waals surface area contributed by atoms with Crippen LogP contribution in [0.5, 0.6) is 0 Å². The van der Waals surface area contributed by atoms with Crippen molar-refractivity contribution < 1.29 is 18.9 Å². The second kappa shape index (κ2) is 24.2. The fraction of sp³-hybridized carbons (Fsp3) is 1.00. The van der Waals surface area contributed by atoms with Gasteiger partial charge >= 0.3 is 0 Å². The highest BCUT2D eigenvalue weighted by Gasteiger charge is 2.24. The van der Waals surface area contributed by atoms with E-state index >= 15 is 0 Å². The fourth-order valence-corrected chi connectivity index (χ4v) is 5.14. The first-order valence-electron chi connectivity index (χ1n) is 15.5. The zero-order valence-corrected chi connectivity index (χ0v) is 24.9. The molecule has 0 aliphatic heterocycles. The number of hydrogen-bond acceptors (Lipinski definition) is 4. The summed E-state index contributed by atoms with van der Waals surface area (Å²) in [4.78, 5) is 0. The first kappa shape index (κ1) is 34.8. The van der Waals surface area contributed by atoms with Gasteiger partial charge in [0, 0.05) is 39.3 Å². The molecule has 0 spiro atoms. The van der Waals surface area contributed by atoms with Crippen LogP contribution in [-0.2, 0) is 18.9 Å². The van der Waals surface area contributed by atoms with Crippen LogP contribution < -0.4 is 0 Å². The summed E-state index contributed by atoms with van der Waals surface area (Å²) in [6.45, 7) is 15.3. The highest BCUT2D eigenvalue weighted by molar-refractivity contribution is 4.64. The van der Waals surface area contributed by atoms with Crippen molar-refractivity contribution in [3.05, 3.63) is 0 Å². The Balaban J connectivity index is 3.36. The van der Waals surface area contributed by atoms with E-state index < -0.39 is 0 Å². The molecule has 0 saturated carbocycles. The predicted molar refractivity (Wildman–Crippen MR) is 151 cm³/mol. The van der Waals surface area contributed by atoms with Gasteiger partial charge in [-0.2, -0.15) is 0 Å². The van der Waals surface area contributed by atoms with Crippen molar-refractivity contribution in [1.29, 1.82) is 0 Å². The van der Waals surface area contributed by atoms with Gasteiger partial charge < -0.3 is 18.9 Å². The van der Waals surface area contributed by atoms with Crippen LogP contribution in [0.15, 0.2) is 0 Å². The molecule has 0 bridgehead atoms. The van der Waals surface area contributed by atoms with Gasteiger partial charge in [-0.3, -0.25) is 0 Å². The van der Waals surface area contributed by atoms with E-state index in [0.717, 1.165) is 39.3 Å². The Hall–Kier alpha value is -0.160. The van der Waals surface area contributed by atoms with Crippen LogP contribution in [0, 0.1) is 0 Å². The summed E-state index contributed by atoms with van der Waals surface area (Å²) < 4.78 is 23.2. The molecular weight excluding hydrogens is 436 g/mol. The molecule has 0 rings (SSSR count). The molecule has 4 nitrogen and oxygen atoms in total. The Morgan fingerprint density at radius 3 is 0.657 bits per heavy atom. The van der Waals surface area contributed by atoms with Gasteiger partial charge in [0.05, 0.1) is 0 Å². The third-order valence-electron chi connectivity index (χ3n) is 7.06. The van der Waals surface area contributed by atoms with E-state index in [9.17, 15) is 0 Å². The molecule has 0 aliphatic carbocycles. The van der Waals surface area contributed by atoms with Crippen molar-refractivity contribution in [3.63, 3.8) is 0 Å². The smallest absolute Gasteiger partial charge is 0.165 e. The Morgan fingerprint density at radius 1 is 0.314 bits per heavy atom. The zero-order valence-electron chi connectivity index (χ0n) is 24.9. The van der Waals surface area contributed by atoms with Crippen molar-refractivity contribution in [1.82, 2.24) is 0 Å². The molecule has 0 saturated heterocycles. The lowest BCUT2D eigenvalue weighted by molar-refractivity contribution is -0.225. The minimum atomic E-state index is -0.375. The largest absolute Gasteiger partial charge is 0.351 e. The SMILES string of the molecule is CCOC(C)(CCCCCCCCCCCCCCCCCCCC(C)(OCC)OCC)OCC. The lowest BCUT2D eigenvalue weighted by Crippen LogP contribution is -2.32. The van der Waals surface area contributed by atoms with Crippen molar-refractivity contribution in [2.45, 2.75) is 175 Å². The standard InChI is InChI=1S/C31H64O4/c1-7-32-30(5,33-8-2)28-26-24-22-20-18-16-14-12-11-13-15-17-19-21-23-25-27-29-31(6,34-9-3)35-10-4/h7-29H2,1-6H3. The lowest BCUT2D eigenvalue weighted by atomic mass is 10.0.